The molecule has 0 aromatic heterocycles. The molecule has 170 valence electrons. The summed E-state index contributed by atoms with van der Waals surface area (Å²) in [7, 11) is 1.86. The van der Waals surface area contributed by atoms with Crippen LogP contribution < -0.4 is 5.32 Å². The first-order chi connectivity index (χ1) is 13.4. The van der Waals surface area contributed by atoms with Gasteiger partial charge >= 0.3 is 0 Å². The first-order valence-corrected chi connectivity index (χ1v) is 11.1. The lowest BCUT2D eigenvalue weighted by atomic mass is 10.2. The Morgan fingerprint density at radius 1 is 0.966 bits per heavy atom. The molecule has 7 nitrogen and oxygen atoms in total. The monoisotopic (exact) mass is 522 g/mol. The van der Waals surface area contributed by atoms with Crippen molar-refractivity contribution in [2.75, 3.05) is 66.0 Å². The van der Waals surface area contributed by atoms with E-state index in [4.69, 9.17) is 0 Å². The molecule has 0 aromatic carbocycles. The molecule has 2 aliphatic rings. The second kappa shape index (κ2) is 13.6. The molecule has 0 atom stereocenters. The highest BCUT2D eigenvalue weighted by molar-refractivity contribution is 14.0. The van der Waals surface area contributed by atoms with Crippen molar-refractivity contribution in [2.45, 2.75) is 59.0 Å². The van der Waals surface area contributed by atoms with Crippen molar-refractivity contribution in [1.29, 1.82) is 0 Å². The smallest absolute Gasteiger partial charge is 0.236 e. The first kappa shape index (κ1) is 26.4. The summed E-state index contributed by atoms with van der Waals surface area (Å²) in [4.78, 5) is 26.0. The molecule has 0 saturated carbocycles. The van der Waals surface area contributed by atoms with Gasteiger partial charge in [-0.15, -0.1) is 24.0 Å². The third kappa shape index (κ3) is 8.57. The predicted octanol–water partition coefficient (Wildman–Crippen LogP) is 1.93. The maximum absolute atomic E-state index is 12.3. The molecule has 1 N–H and O–H groups in total. The fourth-order valence-electron chi connectivity index (χ4n) is 4.28. The van der Waals surface area contributed by atoms with Crippen LogP contribution in [0.2, 0.25) is 0 Å². The molecule has 0 aliphatic carbocycles. The number of hydrogen-bond donors (Lipinski definition) is 1. The van der Waals surface area contributed by atoms with Crippen LogP contribution in [0.25, 0.3) is 0 Å². The van der Waals surface area contributed by atoms with E-state index in [9.17, 15) is 4.79 Å². The summed E-state index contributed by atoms with van der Waals surface area (Å²) < 4.78 is 0. The molecule has 0 bridgehead atoms. The van der Waals surface area contributed by atoms with Gasteiger partial charge < -0.3 is 15.1 Å². The van der Waals surface area contributed by atoms with E-state index >= 15 is 0 Å². The summed E-state index contributed by atoms with van der Waals surface area (Å²) in [5.41, 5.74) is 0. The number of nitrogens with zero attached hydrogens (tertiary/aromatic N) is 5. The van der Waals surface area contributed by atoms with Crippen LogP contribution in [-0.4, -0.2) is 110 Å². The molecular weight excluding hydrogens is 479 g/mol. The molecule has 0 aromatic rings. The van der Waals surface area contributed by atoms with E-state index in [0.717, 1.165) is 77.6 Å². The van der Waals surface area contributed by atoms with Gasteiger partial charge in [0.05, 0.1) is 6.54 Å². The van der Waals surface area contributed by atoms with Crippen LogP contribution in [0.5, 0.6) is 0 Å². The lowest BCUT2D eigenvalue weighted by molar-refractivity contribution is -0.131. The molecule has 1 amide bonds. The highest BCUT2D eigenvalue weighted by Crippen LogP contribution is 2.10. The summed E-state index contributed by atoms with van der Waals surface area (Å²) in [6.07, 6.45) is 3.43. The molecule has 2 heterocycles. The number of amides is 1. The van der Waals surface area contributed by atoms with Crippen molar-refractivity contribution in [3.63, 3.8) is 0 Å². The number of likely N-dealkylation sites (tertiary alicyclic amines) is 1. The van der Waals surface area contributed by atoms with Gasteiger partial charge in [-0.25, -0.2) is 0 Å². The second-order valence-corrected chi connectivity index (χ2v) is 8.60. The van der Waals surface area contributed by atoms with Crippen LogP contribution >= 0.6 is 24.0 Å². The molecular formula is C21H43IN6O. The average Bonchev–Trinajstić information content (AvgIpc) is 3.20. The van der Waals surface area contributed by atoms with Crippen LogP contribution in [0.1, 0.15) is 47.0 Å². The van der Waals surface area contributed by atoms with Crippen LogP contribution in [-0.2, 0) is 4.79 Å². The first-order valence-electron chi connectivity index (χ1n) is 11.1. The summed E-state index contributed by atoms with van der Waals surface area (Å²) in [5.74, 6) is 1.29. The topological polar surface area (TPSA) is 54.4 Å². The number of halogens is 1. The van der Waals surface area contributed by atoms with Crippen molar-refractivity contribution >= 4 is 35.8 Å². The maximum Gasteiger partial charge on any atom is 0.236 e. The van der Waals surface area contributed by atoms with Gasteiger partial charge in [-0.1, -0.05) is 0 Å². The molecule has 29 heavy (non-hydrogen) atoms. The Morgan fingerprint density at radius 2 is 1.55 bits per heavy atom. The van der Waals surface area contributed by atoms with Gasteiger partial charge in [0, 0.05) is 71.5 Å². The summed E-state index contributed by atoms with van der Waals surface area (Å²) >= 11 is 0. The fourth-order valence-corrected chi connectivity index (χ4v) is 4.28. The Labute approximate surface area is 195 Å². The van der Waals surface area contributed by atoms with Crippen LogP contribution in [0.4, 0.5) is 0 Å². The highest BCUT2D eigenvalue weighted by Gasteiger charge is 2.24. The summed E-state index contributed by atoms with van der Waals surface area (Å²) in [5, 5.41) is 3.53. The zero-order chi connectivity index (χ0) is 20.5. The summed E-state index contributed by atoms with van der Waals surface area (Å²) in [6, 6.07) is 1.16. The number of aliphatic imine (C=N–C) groups is 1. The minimum Gasteiger partial charge on any atom is -0.356 e. The highest BCUT2D eigenvalue weighted by atomic mass is 127. The Hall–Kier alpha value is -0.610. The quantitative estimate of drug-likeness (QED) is 0.229. The average molecular weight is 523 g/mol. The molecule has 0 spiro atoms. The molecule has 2 rings (SSSR count). The van der Waals surface area contributed by atoms with Crippen molar-refractivity contribution in [2.24, 2.45) is 4.99 Å². The zero-order valence-corrected chi connectivity index (χ0v) is 21.5. The predicted molar refractivity (Wildman–Crippen MR) is 132 cm³/mol. The summed E-state index contributed by atoms with van der Waals surface area (Å²) in [6.45, 7) is 17.3. The Bertz CT molecular complexity index is 491. The maximum atomic E-state index is 12.3. The number of rotatable bonds is 8. The van der Waals surface area contributed by atoms with E-state index in [1.165, 1.54) is 0 Å². The Kier molecular flexibility index (Phi) is 12.4. The Balaban J connectivity index is 0.00000420. The molecule has 0 unspecified atom stereocenters. The minimum absolute atomic E-state index is 0. The van der Waals surface area contributed by atoms with Crippen LogP contribution in [0.15, 0.2) is 4.99 Å². The molecule has 0 radical (unpaired) electrons. The SMILES string of the molecule is CN=C(NCCCN(C(C)C)C(C)C)N1CCN(CC(=O)N2CCCC2)CC1.I. The fraction of sp³-hybridized carbons (Fsp3) is 0.905. The number of piperazine rings is 1. The van der Waals surface area contributed by atoms with Gasteiger partial charge in [0.1, 0.15) is 0 Å². The molecule has 2 aliphatic heterocycles. The van der Waals surface area contributed by atoms with E-state index < -0.39 is 0 Å². The van der Waals surface area contributed by atoms with E-state index in [2.05, 4.69) is 52.7 Å². The van der Waals surface area contributed by atoms with Gasteiger partial charge in [0.15, 0.2) is 5.96 Å². The Morgan fingerprint density at radius 3 is 2.07 bits per heavy atom. The van der Waals surface area contributed by atoms with Crippen molar-refractivity contribution in [3.05, 3.63) is 0 Å². The van der Waals surface area contributed by atoms with Gasteiger partial charge in [0.25, 0.3) is 0 Å². The standard InChI is InChI=1S/C21H42N6O.HI/c1-18(2)27(19(3)4)12-8-9-23-21(22-5)26-15-13-24(14-16-26)17-20(28)25-10-6-7-11-25;/h18-19H,6-17H2,1-5H3,(H,22,23);1H. The minimum atomic E-state index is 0. The van der Waals surface area contributed by atoms with Gasteiger partial charge in [-0.05, 0) is 47.0 Å². The van der Waals surface area contributed by atoms with Crippen molar-refractivity contribution in [3.8, 4) is 0 Å². The van der Waals surface area contributed by atoms with Crippen molar-refractivity contribution < 1.29 is 4.79 Å². The number of hydrogen-bond acceptors (Lipinski definition) is 4. The van der Waals surface area contributed by atoms with Crippen LogP contribution in [0, 0.1) is 0 Å². The van der Waals surface area contributed by atoms with E-state index in [-0.39, 0.29) is 24.0 Å². The number of carbonyl (C=O) groups is 1. The molecule has 8 heteroatoms. The van der Waals surface area contributed by atoms with Gasteiger partial charge in [0.2, 0.25) is 5.91 Å². The van der Waals surface area contributed by atoms with E-state index in [1.54, 1.807) is 0 Å². The molecule has 2 fully saturated rings. The van der Waals surface area contributed by atoms with Crippen LogP contribution in [0.3, 0.4) is 0 Å². The number of nitrogens with one attached hydrogen (secondary N) is 1. The van der Waals surface area contributed by atoms with E-state index in [1.807, 2.05) is 11.9 Å². The lowest BCUT2D eigenvalue weighted by Gasteiger charge is -2.36. The lowest BCUT2D eigenvalue weighted by Crippen LogP contribution is -2.54. The normalized spacial score (nSPS) is 18.7. The van der Waals surface area contributed by atoms with Gasteiger partial charge in [-0.2, -0.15) is 0 Å². The zero-order valence-electron chi connectivity index (χ0n) is 19.2. The largest absolute Gasteiger partial charge is 0.356 e. The van der Waals surface area contributed by atoms with E-state index in [0.29, 0.717) is 24.5 Å². The number of carbonyl (C=O) groups excluding carboxylic acids is 1. The van der Waals surface area contributed by atoms with Crippen molar-refractivity contribution in [1.82, 2.24) is 24.9 Å². The second-order valence-electron chi connectivity index (χ2n) is 8.60. The number of guanidine groups is 1. The third-order valence-corrected chi connectivity index (χ3v) is 5.90. The third-order valence-electron chi connectivity index (χ3n) is 5.90. The molecule has 2 saturated heterocycles. The van der Waals surface area contributed by atoms with Gasteiger partial charge in [-0.3, -0.25) is 19.6 Å².